The number of carbonyl (C=O) groups is 1. The third-order valence-electron chi connectivity index (χ3n) is 2.62. The Morgan fingerprint density at radius 3 is 2.39 bits per heavy atom. The van der Waals surface area contributed by atoms with Crippen molar-refractivity contribution in [2.24, 2.45) is 0 Å². The summed E-state index contributed by atoms with van der Waals surface area (Å²) < 4.78 is 39.3. The van der Waals surface area contributed by atoms with Crippen LogP contribution in [0.15, 0.2) is 53.4 Å². The molecular weight excluding hydrogens is 331 g/mol. The quantitative estimate of drug-likeness (QED) is 0.520. The number of rotatable bonds is 4. The Balaban J connectivity index is 2.06. The molecule has 2 aromatic rings. The topological polar surface area (TPSA) is 116 Å². The van der Waals surface area contributed by atoms with E-state index >= 15 is 0 Å². The zero-order valence-corrected chi connectivity index (χ0v) is 12.1. The third-order valence-corrected chi connectivity index (χ3v) is 3.44. The molecule has 0 saturated carbocycles. The van der Waals surface area contributed by atoms with Crippen LogP contribution in [0.5, 0.6) is 5.75 Å². The van der Waals surface area contributed by atoms with E-state index in [1.807, 2.05) is 0 Å². The Morgan fingerprint density at radius 2 is 1.83 bits per heavy atom. The number of nitro benzene ring substituents is 1. The van der Waals surface area contributed by atoms with Gasteiger partial charge in [0.25, 0.3) is 5.69 Å². The summed E-state index contributed by atoms with van der Waals surface area (Å²) in [5, 5.41) is 12.7. The summed E-state index contributed by atoms with van der Waals surface area (Å²) in [6, 6.07) is 9.28. The Bertz CT molecular complexity index is 851. The third kappa shape index (κ3) is 4.48. The number of nitrogens with zero attached hydrogens (tertiary/aromatic N) is 1. The molecular formula is C13H9FN2O6S. The molecule has 2 rings (SSSR count). The van der Waals surface area contributed by atoms with E-state index in [4.69, 9.17) is 4.74 Å². The number of hydrogen-bond donors (Lipinski definition) is 1. The highest BCUT2D eigenvalue weighted by Crippen LogP contribution is 2.20. The van der Waals surface area contributed by atoms with Gasteiger partial charge in [-0.1, -0.05) is 6.07 Å². The second-order valence-electron chi connectivity index (χ2n) is 4.23. The summed E-state index contributed by atoms with van der Waals surface area (Å²) in [6.07, 6.45) is -0.966. The fourth-order valence-electron chi connectivity index (χ4n) is 1.61. The van der Waals surface area contributed by atoms with Gasteiger partial charge >= 0.3 is 16.3 Å². The molecule has 0 radical (unpaired) electrons. The van der Waals surface area contributed by atoms with Gasteiger partial charge in [-0.15, -0.1) is 3.89 Å². The van der Waals surface area contributed by atoms with Crippen molar-refractivity contribution in [3.8, 4) is 5.75 Å². The van der Waals surface area contributed by atoms with Crippen molar-refractivity contribution < 1.29 is 26.8 Å². The van der Waals surface area contributed by atoms with Crippen LogP contribution < -0.4 is 10.1 Å². The largest absolute Gasteiger partial charge is 0.417 e. The lowest BCUT2D eigenvalue weighted by atomic mass is 10.3. The highest BCUT2D eigenvalue weighted by molar-refractivity contribution is 7.86. The maximum Gasteiger partial charge on any atom is 0.417 e. The van der Waals surface area contributed by atoms with Crippen LogP contribution in [0.1, 0.15) is 0 Å². The highest BCUT2D eigenvalue weighted by atomic mass is 32.3. The lowest BCUT2D eigenvalue weighted by Gasteiger charge is -2.07. The molecule has 0 atom stereocenters. The lowest BCUT2D eigenvalue weighted by molar-refractivity contribution is -0.384. The van der Waals surface area contributed by atoms with Crippen molar-refractivity contribution >= 4 is 27.7 Å². The van der Waals surface area contributed by atoms with Crippen LogP contribution in [0.3, 0.4) is 0 Å². The molecule has 120 valence electrons. The van der Waals surface area contributed by atoms with Crippen LogP contribution in [0.25, 0.3) is 0 Å². The fourth-order valence-corrected chi connectivity index (χ4v) is 2.12. The van der Waals surface area contributed by atoms with Crippen molar-refractivity contribution in [1.29, 1.82) is 0 Å². The van der Waals surface area contributed by atoms with Gasteiger partial charge in [-0.25, -0.2) is 4.79 Å². The van der Waals surface area contributed by atoms with Crippen molar-refractivity contribution in [3.05, 3.63) is 58.6 Å². The molecule has 0 heterocycles. The molecule has 0 aliphatic rings. The molecule has 0 fully saturated rings. The lowest BCUT2D eigenvalue weighted by Crippen LogP contribution is -2.16. The van der Waals surface area contributed by atoms with Crippen LogP contribution in [0.2, 0.25) is 0 Å². The van der Waals surface area contributed by atoms with Crippen LogP contribution in [0.4, 0.5) is 20.1 Å². The molecule has 10 heteroatoms. The average molecular weight is 340 g/mol. The smallest absolute Gasteiger partial charge is 0.410 e. The Labute approximate surface area is 129 Å². The van der Waals surface area contributed by atoms with Gasteiger partial charge in [0, 0.05) is 17.8 Å². The summed E-state index contributed by atoms with van der Waals surface area (Å²) in [6.45, 7) is 0. The molecule has 0 saturated heterocycles. The van der Waals surface area contributed by atoms with Gasteiger partial charge in [0.1, 0.15) is 10.6 Å². The Kier molecular flexibility index (Phi) is 4.55. The Hall–Kier alpha value is -3.01. The molecule has 23 heavy (non-hydrogen) atoms. The van der Waals surface area contributed by atoms with Gasteiger partial charge in [0.05, 0.1) is 4.92 Å². The minimum atomic E-state index is -4.89. The summed E-state index contributed by atoms with van der Waals surface area (Å²) in [7, 11) is -4.89. The number of nitro groups is 1. The van der Waals surface area contributed by atoms with Crippen LogP contribution >= 0.6 is 0 Å². The first kappa shape index (κ1) is 16.4. The van der Waals surface area contributed by atoms with Crippen molar-refractivity contribution in [3.63, 3.8) is 0 Å². The Morgan fingerprint density at radius 1 is 1.17 bits per heavy atom. The van der Waals surface area contributed by atoms with Crippen LogP contribution in [-0.2, 0) is 10.2 Å². The maximum absolute atomic E-state index is 12.9. The SMILES string of the molecule is O=C(Nc1cccc(S(=O)(=O)F)c1)Oc1ccc([N+](=O)[O-])cc1. The van der Waals surface area contributed by atoms with E-state index in [1.54, 1.807) is 0 Å². The van der Waals surface area contributed by atoms with E-state index in [2.05, 4.69) is 5.32 Å². The number of non-ortho nitro benzene ring substituents is 1. The molecule has 0 aromatic heterocycles. The molecule has 0 aliphatic heterocycles. The van der Waals surface area contributed by atoms with Gasteiger partial charge < -0.3 is 4.74 Å². The first-order chi connectivity index (χ1) is 10.8. The van der Waals surface area contributed by atoms with Crippen molar-refractivity contribution in [1.82, 2.24) is 0 Å². The van der Waals surface area contributed by atoms with E-state index in [0.717, 1.165) is 24.3 Å². The van der Waals surface area contributed by atoms with E-state index < -0.39 is 26.1 Å². The molecule has 1 amide bonds. The molecule has 8 nitrogen and oxygen atoms in total. The minimum absolute atomic E-state index is 0.00985. The van der Waals surface area contributed by atoms with Gasteiger partial charge in [-0.05, 0) is 30.3 Å². The number of benzene rings is 2. The number of hydrogen-bond acceptors (Lipinski definition) is 6. The van der Waals surface area contributed by atoms with Crippen molar-refractivity contribution in [2.75, 3.05) is 5.32 Å². The number of nitrogens with one attached hydrogen (secondary N) is 1. The van der Waals surface area contributed by atoms with Gasteiger partial charge in [-0.2, -0.15) is 8.42 Å². The van der Waals surface area contributed by atoms with E-state index in [-0.39, 0.29) is 17.1 Å². The zero-order chi connectivity index (χ0) is 17.0. The van der Waals surface area contributed by atoms with Gasteiger partial charge in [-0.3, -0.25) is 15.4 Å². The first-order valence-corrected chi connectivity index (χ1v) is 7.42. The van der Waals surface area contributed by atoms with Crippen molar-refractivity contribution in [2.45, 2.75) is 4.90 Å². The summed E-state index contributed by atoms with van der Waals surface area (Å²) >= 11 is 0. The van der Waals surface area contributed by atoms with E-state index in [9.17, 15) is 27.2 Å². The average Bonchev–Trinajstić information content (AvgIpc) is 2.47. The summed E-state index contributed by atoms with van der Waals surface area (Å²) in [5.41, 5.74) is -0.158. The molecule has 1 N–H and O–H groups in total. The number of anilines is 1. The maximum atomic E-state index is 12.9. The van der Waals surface area contributed by atoms with Gasteiger partial charge in [0.15, 0.2) is 0 Å². The molecule has 0 aliphatic carbocycles. The van der Waals surface area contributed by atoms with Crippen LogP contribution in [-0.4, -0.2) is 19.4 Å². The normalized spacial score (nSPS) is 10.8. The highest BCUT2D eigenvalue weighted by Gasteiger charge is 2.13. The van der Waals surface area contributed by atoms with E-state index in [0.29, 0.717) is 0 Å². The number of ether oxygens (including phenoxy) is 1. The second kappa shape index (κ2) is 6.40. The van der Waals surface area contributed by atoms with E-state index in [1.165, 1.54) is 24.3 Å². The minimum Gasteiger partial charge on any atom is -0.410 e. The first-order valence-electron chi connectivity index (χ1n) is 6.04. The molecule has 0 unspecified atom stereocenters. The standard InChI is InChI=1S/C13H9FN2O6S/c14-23(20,21)12-3-1-2-9(8-12)15-13(17)22-11-6-4-10(5-7-11)16(18)19/h1-8H,(H,15,17). The summed E-state index contributed by atoms with van der Waals surface area (Å²) in [5.74, 6) is 0.0439. The molecule has 0 bridgehead atoms. The number of halogens is 1. The second-order valence-corrected chi connectivity index (χ2v) is 5.58. The number of amides is 1. The predicted molar refractivity (Wildman–Crippen MR) is 77.5 cm³/mol. The van der Waals surface area contributed by atoms with Crippen LogP contribution in [0, 0.1) is 10.1 Å². The molecule has 0 spiro atoms. The fraction of sp³-hybridized carbons (Fsp3) is 0. The summed E-state index contributed by atoms with van der Waals surface area (Å²) in [4.78, 5) is 20.9. The van der Waals surface area contributed by atoms with Gasteiger partial charge in [0.2, 0.25) is 0 Å². The number of carbonyl (C=O) groups excluding carboxylic acids is 1. The zero-order valence-electron chi connectivity index (χ0n) is 11.3. The predicted octanol–water partition coefficient (Wildman–Crippen LogP) is 2.86. The molecule has 2 aromatic carbocycles. The monoisotopic (exact) mass is 340 g/mol.